The van der Waals surface area contributed by atoms with E-state index in [2.05, 4.69) is 17.3 Å². The molecule has 0 radical (unpaired) electrons. The standard InChI is InChI=1S/C16H26N4O.2ClH/c1-3-20(11-13-8-18-19(2)10-13)15(21)16-7-5-4-6-14(16)9-17-12-16;;/h8,10,14,17H,3-7,9,11-12H2,1-2H3;2*1H/t14-,16+;;/m0../s1. The first-order chi connectivity index (χ1) is 10.2. The Kier molecular flexibility index (Phi) is 7.36. The number of hydrogen-bond donors (Lipinski definition) is 1. The average Bonchev–Trinajstić information content (AvgIpc) is 3.10. The van der Waals surface area contributed by atoms with E-state index in [-0.39, 0.29) is 30.2 Å². The van der Waals surface area contributed by atoms with E-state index in [9.17, 15) is 4.79 Å². The van der Waals surface area contributed by atoms with Crippen LogP contribution in [-0.2, 0) is 18.4 Å². The normalized spacial score (nSPS) is 25.9. The molecule has 2 atom stereocenters. The Labute approximate surface area is 151 Å². The van der Waals surface area contributed by atoms with Crippen LogP contribution in [0.4, 0.5) is 0 Å². The van der Waals surface area contributed by atoms with Gasteiger partial charge in [-0.05, 0) is 32.2 Å². The Balaban J connectivity index is 0.00000132. The third kappa shape index (κ3) is 3.83. The first-order valence-electron chi connectivity index (χ1n) is 8.13. The van der Waals surface area contributed by atoms with E-state index in [4.69, 9.17) is 0 Å². The van der Waals surface area contributed by atoms with Gasteiger partial charge in [-0.15, -0.1) is 24.8 Å². The second-order valence-corrected chi connectivity index (χ2v) is 6.57. The SMILES string of the molecule is CCN(Cc1cnn(C)c1)C(=O)[C@@]12CCCC[C@H]1CNC2.Cl.Cl. The molecule has 5 nitrogen and oxygen atoms in total. The third-order valence-corrected chi connectivity index (χ3v) is 5.26. The number of hydrogen-bond acceptors (Lipinski definition) is 3. The highest BCUT2D eigenvalue weighted by Crippen LogP contribution is 2.45. The van der Waals surface area contributed by atoms with Crippen LogP contribution in [0.25, 0.3) is 0 Å². The van der Waals surface area contributed by atoms with Gasteiger partial charge in [-0.2, -0.15) is 5.10 Å². The number of amides is 1. The molecule has 23 heavy (non-hydrogen) atoms. The summed E-state index contributed by atoms with van der Waals surface area (Å²) in [5.41, 5.74) is 0.971. The quantitative estimate of drug-likeness (QED) is 0.894. The smallest absolute Gasteiger partial charge is 0.230 e. The fraction of sp³-hybridized carbons (Fsp3) is 0.750. The van der Waals surface area contributed by atoms with Crippen molar-refractivity contribution in [3.63, 3.8) is 0 Å². The fourth-order valence-electron chi connectivity index (χ4n) is 4.08. The minimum atomic E-state index is -0.142. The molecule has 1 aromatic rings. The monoisotopic (exact) mass is 362 g/mol. The van der Waals surface area contributed by atoms with Crippen molar-refractivity contribution in [2.24, 2.45) is 18.4 Å². The summed E-state index contributed by atoms with van der Waals surface area (Å²) in [4.78, 5) is 15.2. The lowest BCUT2D eigenvalue weighted by Crippen LogP contribution is -2.49. The zero-order chi connectivity index (χ0) is 14.9. The van der Waals surface area contributed by atoms with Crippen LogP contribution in [0.1, 0.15) is 38.2 Å². The van der Waals surface area contributed by atoms with Gasteiger partial charge in [0.05, 0.1) is 11.6 Å². The minimum absolute atomic E-state index is 0. The van der Waals surface area contributed by atoms with Crippen LogP contribution in [0.15, 0.2) is 12.4 Å². The number of carbonyl (C=O) groups is 1. The van der Waals surface area contributed by atoms with Crippen molar-refractivity contribution in [3.05, 3.63) is 18.0 Å². The molecule has 0 unspecified atom stereocenters. The van der Waals surface area contributed by atoms with Crippen LogP contribution in [0.3, 0.4) is 0 Å². The van der Waals surface area contributed by atoms with Gasteiger partial charge in [-0.3, -0.25) is 9.48 Å². The van der Waals surface area contributed by atoms with Gasteiger partial charge in [0.15, 0.2) is 0 Å². The number of nitrogens with zero attached hydrogens (tertiary/aromatic N) is 3. The van der Waals surface area contributed by atoms with E-state index in [0.29, 0.717) is 18.4 Å². The second-order valence-electron chi connectivity index (χ2n) is 6.57. The molecule has 1 aliphatic carbocycles. The molecule has 1 aromatic heterocycles. The molecule has 1 N–H and O–H groups in total. The molecular formula is C16H28Cl2N4O. The minimum Gasteiger partial charge on any atom is -0.338 e. The van der Waals surface area contributed by atoms with Crippen molar-refractivity contribution in [3.8, 4) is 0 Å². The summed E-state index contributed by atoms with van der Waals surface area (Å²) in [6, 6.07) is 0. The highest BCUT2D eigenvalue weighted by atomic mass is 35.5. The van der Waals surface area contributed by atoms with Gasteiger partial charge in [0.25, 0.3) is 0 Å². The van der Waals surface area contributed by atoms with Gasteiger partial charge in [0.2, 0.25) is 5.91 Å². The fourth-order valence-corrected chi connectivity index (χ4v) is 4.08. The van der Waals surface area contributed by atoms with E-state index < -0.39 is 0 Å². The number of fused-ring (bicyclic) bond motifs is 1. The van der Waals surface area contributed by atoms with Crippen LogP contribution in [0.5, 0.6) is 0 Å². The predicted octanol–water partition coefficient (Wildman–Crippen LogP) is 2.39. The Bertz CT molecular complexity index is 522. The summed E-state index contributed by atoms with van der Waals surface area (Å²) in [6.45, 7) is 5.39. The molecule has 0 aromatic carbocycles. The Morgan fingerprint density at radius 1 is 1.48 bits per heavy atom. The van der Waals surface area contributed by atoms with Gasteiger partial charge in [-0.25, -0.2) is 0 Å². The molecule has 2 heterocycles. The van der Waals surface area contributed by atoms with Gasteiger partial charge in [-0.1, -0.05) is 12.8 Å². The maximum absolute atomic E-state index is 13.2. The van der Waals surface area contributed by atoms with Crippen LogP contribution in [-0.4, -0.2) is 40.2 Å². The van der Waals surface area contributed by atoms with Crippen LogP contribution in [0, 0.1) is 11.3 Å². The summed E-state index contributed by atoms with van der Waals surface area (Å²) in [6.07, 6.45) is 8.57. The molecular weight excluding hydrogens is 335 g/mol. The van der Waals surface area contributed by atoms with E-state index in [1.54, 1.807) is 4.68 Å². The zero-order valence-electron chi connectivity index (χ0n) is 14.0. The third-order valence-electron chi connectivity index (χ3n) is 5.26. The molecule has 1 amide bonds. The van der Waals surface area contributed by atoms with E-state index in [0.717, 1.165) is 31.6 Å². The van der Waals surface area contributed by atoms with Crippen molar-refractivity contribution < 1.29 is 4.79 Å². The predicted molar refractivity (Wildman–Crippen MR) is 96.1 cm³/mol. The van der Waals surface area contributed by atoms with Gasteiger partial charge >= 0.3 is 0 Å². The molecule has 0 bridgehead atoms. The largest absolute Gasteiger partial charge is 0.338 e. The first kappa shape index (κ1) is 20.3. The number of nitrogens with one attached hydrogen (secondary N) is 1. The average molecular weight is 363 g/mol. The molecule has 2 aliphatic rings. The molecule has 0 spiro atoms. The summed E-state index contributed by atoms with van der Waals surface area (Å²) in [5, 5.41) is 7.68. The summed E-state index contributed by atoms with van der Waals surface area (Å²) in [7, 11) is 1.92. The maximum atomic E-state index is 13.2. The van der Waals surface area contributed by atoms with Crippen molar-refractivity contribution in [1.29, 1.82) is 0 Å². The van der Waals surface area contributed by atoms with E-state index in [1.807, 2.05) is 24.3 Å². The number of aromatic nitrogens is 2. The Morgan fingerprint density at radius 2 is 2.26 bits per heavy atom. The van der Waals surface area contributed by atoms with E-state index in [1.165, 1.54) is 19.3 Å². The molecule has 7 heteroatoms. The van der Waals surface area contributed by atoms with Crippen LogP contribution >= 0.6 is 24.8 Å². The second kappa shape index (κ2) is 8.36. The Morgan fingerprint density at radius 3 is 2.91 bits per heavy atom. The maximum Gasteiger partial charge on any atom is 0.230 e. The topological polar surface area (TPSA) is 50.2 Å². The number of halogens is 2. The highest BCUT2D eigenvalue weighted by molar-refractivity contribution is 5.85. The van der Waals surface area contributed by atoms with Gasteiger partial charge in [0.1, 0.15) is 0 Å². The first-order valence-corrected chi connectivity index (χ1v) is 8.13. The van der Waals surface area contributed by atoms with Crippen molar-refractivity contribution in [2.75, 3.05) is 19.6 Å². The molecule has 2 fully saturated rings. The number of aryl methyl sites for hydroxylation is 1. The number of rotatable bonds is 4. The van der Waals surface area contributed by atoms with Crippen molar-refractivity contribution in [1.82, 2.24) is 20.0 Å². The van der Waals surface area contributed by atoms with Crippen molar-refractivity contribution in [2.45, 2.75) is 39.2 Å². The van der Waals surface area contributed by atoms with E-state index >= 15 is 0 Å². The number of carbonyl (C=O) groups excluding carboxylic acids is 1. The lowest BCUT2D eigenvalue weighted by atomic mass is 9.67. The van der Waals surface area contributed by atoms with Gasteiger partial charge in [0, 0.05) is 38.4 Å². The van der Waals surface area contributed by atoms with Crippen molar-refractivity contribution >= 4 is 30.7 Å². The molecule has 3 rings (SSSR count). The van der Waals surface area contributed by atoms with Crippen LogP contribution < -0.4 is 5.32 Å². The lowest BCUT2D eigenvalue weighted by molar-refractivity contribution is -0.145. The lowest BCUT2D eigenvalue weighted by Gasteiger charge is -2.40. The summed E-state index contributed by atoms with van der Waals surface area (Å²) in [5.74, 6) is 0.880. The zero-order valence-corrected chi connectivity index (χ0v) is 15.6. The molecule has 132 valence electrons. The highest BCUT2D eigenvalue weighted by Gasteiger charge is 2.51. The van der Waals surface area contributed by atoms with Gasteiger partial charge < -0.3 is 10.2 Å². The molecule has 1 saturated heterocycles. The van der Waals surface area contributed by atoms with Crippen LogP contribution in [0.2, 0.25) is 0 Å². The Hall–Kier alpha value is -0.780. The summed E-state index contributed by atoms with van der Waals surface area (Å²) >= 11 is 0. The molecule has 1 aliphatic heterocycles. The molecule has 1 saturated carbocycles. The summed E-state index contributed by atoms with van der Waals surface area (Å²) < 4.78 is 1.80.